The van der Waals surface area contributed by atoms with E-state index in [1.54, 1.807) is 0 Å². The number of carbonyl (C=O) groups is 1. The molecule has 0 aromatic rings. The first-order valence-corrected chi connectivity index (χ1v) is 7.45. The van der Waals surface area contributed by atoms with Crippen LogP contribution in [0.4, 0.5) is 0 Å². The van der Waals surface area contributed by atoms with E-state index in [0.717, 1.165) is 19.3 Å². The minimum Gasteiger partial charge on any atom is -0.481 e. The summed E-state index contributed by atoms with van der Waals surface area (Å²) in [4.78, 5) is 10.3. The molecule has 1 rings (SSSR count). The molecule has 0 bridgehead atoms. The zero-order chi connectivity index (χ0) is 12.7. The quantitative estimate of drug-likeness (QED) is 0.692. The van der Waals surface area contributed by atoms with Crippen LogP contribution in [0.25, 0.3) is 0 Å². The van der Waals surface area contributed by atoms with Gasteiger partial charge in [0.15, 0.2) is 0 Å². The van der Waals surface area contributed by atoms with Crippen LogP contribution in [0.2, 0.25) is 0 Å². The Hall–Kier alpha value is -0.660. The zero-order valence-corrected chi connectivity index (χ0v) is 10.5. The van der Waals surface area contributed by atoms with Crippen LogP contribution in [0, 0.1) is 0 Å². The summed E-state index contributed by atoms with van der Waals surface area (Å²) in [5.74, 6) is -1.12. The molecule has 0 aromatic heterocycles. The molecule has 1 aliphatic rings. The fourth-order valence-corrected chi connectivity index (χ4v) is 2.78. The molecule has 100 valence electrons. The lowest BCUT2D eigenvalue weighted by atomic mass is 10.1. The number of aliphatic carboxylic acids is 1. The first-order chi connectivity index (χ1) is 7.99. The van der Waals surface area contributed by atoms with Gasteiger partial charge < -0.3 is 9.84 Å². The number of rotatable bonds is 7. The summed E-state index contributed by atoms with van der Waals surface area (Å²) in [6.07, 6.45) is 2.93. The lowest BCUT2D eigenvalue weighted by molar-refractivity contribution is -0.137. The molecule has 1 saturated heterocycles. The van der Waals surface area contributed by atoms with Crippen molar-refractivity contribution in [2.24, 2.45) is 0 Å². The Balaban J connectivity index is 2.21. The van der Waals surface area contributed by atoms with E-state index in [2.05, 4.69) is 4.72 Å². The van der Waals surface area contributed by atoms with Gasteiger partial charge in [0, 0.05) is 19.6 Å². The standard InChI is InChI=1S/C10H19NO5S/c12-10(13)5-3-7-17(14,15)11-8-9-4-1-2-6-16-9/h9,11H,1-8H2,(H,12,13). The van der Waals surface area contributed by atoms with Crippen LogP contribution in [0.15, 0.2) is 0 Å². The summed E-state index contributed by atoms with van der Waals surface area (Å²) in [6, 6.07) is 0. The van der Waals surface area contributed by atoms with Gasteiger partial charge in [-0.05, 0) is 25.7 Å². The van der Waals surface area contributed by atoms with Gasteiger partial charge in [-0.25, -0.2) is 13.1 Å². The summed E-state index contributed by atoms with van der Waals surface area (Å²) in [5.41, 5.74) is 0. The normalized spacial score (nSPS) is 21.3. The molecule has 0 saturated carbocycles. The van der Waals surface area contributed by atoms with Crippen molar-refractivity contribution >= 4 is 16.0 Å². The molecule has 1 heterocycles. The largest absolute Gasteiger partial charge is 0.481 e. The van der Waals surface area contributed by atoms with Gasteiger partial charge in [0.2, 0.25) is 10.0 Å². The maximum atomic E-state index is 11.5. The van der Waals surface area contributed by atoms with Crippen LogP contribution < -0.4 is 4.72 Å². The van der Waals surface area contributed by atoms with Gasteiger partial charge in [-0.15, -0.1) is 0 Å². The van der Waals surface area contributed by atoms with E-state index in [1.807, 2.05) is 0 Å². The molecule has 1 atom stereocenters. The summed E-state index contributed by atoms with van der Waals surface area (Å²) >= 11 is 0. The highest BCUT2D eigenvalue weighted by Gasteiger charge is 2.17. The van der Waals surface area contributed by atoms with Crippen molar-refractivity contribution in [3.8, 4) is 0 Å². The number of nitrogens with one attached hydrogen (secondary N) is 1. The summed E-state index contributed by atoms with van der Waals surface area (Å²) < 4.78 is 30.8. The molecule has 1 fully saturated rings. The minimum absolute atomic E-state index is 0.0435. The van der Waals surface area contributed by atoms with Crippen LogP contribution >= 0.6 is 0 Å². The van der Waals surface area contributed by atoms with E-state index in [4.69, 9.17) is 9.84 Å². The molecule has 1 unspecified atom stereocenters. The highest BCUT2D eigenvalue weighted by molar-refractivity contribution is 7.89. The topological polar surface area (TPSA) is 92.7 Å². The molecule has 17 heavy (non-hydrogen) atoms. The van der Waals surface area contributed by atoms with Crippen LogP contribution in [0.1, 0.15) is 32.1 Å². The third kappa shape index (κ3) is 6.60. The Bertz CT molecular complexity index is 335. The molecule has 1 aliphatic heterocycles. The average Bonchev–Trinajstić information content (AvgIpc) is 2.27. The molecule has 0 aromatic carbocycles. The molecular weight excluding hydrogens is 246 g/mol. The number of carboxylic acid groups (broad SMARTS) is 1. The number of ether oxygens (including phenoxy) is 1. The van der Waals surface area contributed by atoms with Gasteiger partial charge in [0.25, 0.3) is 0 Å². The molecule has 7 heteroatoms. The van der Waals surface area contributed by atoms with E-state index < -0.39 is 16.0 Å². The SMILES string of the molecule is O=C(O)CCCS(=O)(=O)NCC1CCCCO1. The van der Waals surface area contributed by atoms with E-state index in [1.165, 1.54) is 0 Å². The van der Waals surface area contributed by atoms with Crippen LogP contribution in [-0.4, -0.2) is 44.5 Å². The molecule has 0 spiro atoms. The fraction of sp³-hybridized carbons (Fsp3) is 0.900. The van der Waals surface area contributed by atoms with E-state index in [9.17, 15) is 13.2 Å². The Kier molecular flexibility index (Phi) is 5.87. The first-order valence-electron chi connectivity index (χ1n) is 5.80. The second-order valence-electron chi connectivity index (χ2n) is 4.15. The van der Waals surface area contributed by atoms with E-state index >= 15 is 0 Å². The number of hydrogen-bond donors (Lipinski definition) is 2. The van der Waals surface area contributed by atoms with Gasteiger partial charge in [-0.2, -0.15) is 0 Å². The van der Waals surface area contributed by atoms with Crippen molar-refractivity contribution < 1.29 is 23.1 Å². The van der Waals surface area contributed by atoms with E-state index in [-0.39, 0.29) is 31.2 Å². The van der Waals surface area contributed by atoms with Gasteiger partial charge >= 0.3 is 5.97 Å². The maximum absolute atomic E-state index is 11.5. The maximum Gasteiger partial charge on any atom is 0.303 e. The predicted octanol–water partition coefficient (Wildman–Crippen LogP) is 0.340. The number of hydrogen-bond acceptors (Lipinski definition) is 4. The molecule has 0 aliphatic carbocycles. The molecule has 0 amide bonds. The van der Waals surface area contributed by atoms with Crippen LogP contribution in [-0.2, 0) is 19.6 Å². The summed E-state index contributed by atoms with van der Waals surface area (Å²) in [6.45, 7) is 0.973. The third-order valence-corrected chi connectivity index (χ3v) is 4.04. The minimum atomic E-state index is -3.37. The Morgan fingerprint density at radius 1 is 1.41 bits per heavy atom. The predicted molar refractivity (Wildman–Crippen MR) is 62.3 cm³/mol. The molecule has 0 radical (unpaired) electrons. The van der Waals surface area contributed by atoms with Crippen molar-refractivity contribution in [1.29, 1.82) is 0 Å². The highest BCUT2D eigenvalue weighted by Crippen LogP contribution is 2.11. The monoisotopic (exact) mass is 265 g/mol. The lowest BCUT2D eigenvalue weighted by Crippen LogP contribution is -2.36. The van der Waals surface area contributed by atoms with Crippen molar-refractivity contribution in [3.63, 3.8) is 0 Å². The summed E-state index contributed by atoms with van der Waals surface area (Å²) in [5, 5.41) is 8.41. The van der Waals surface area contributed by atoms with Crippen molar-refractivity contribution in [3.05, 3.63) is 0 Å². The Morgan fingerprint density at radius 2 is 2.18 bits per heavy atom. The van der Waals surface area contributed by atoms with Gasteiger partial charge in [0.1, 0.15) is 0 Å². The third-order valence-electron chi connectivity index (χ3n) is 2.61. The van der Waals surface area contributed by atoms with Gasteiger partial charge in [-0.1, -0.05) is 0 Å². The lowest BCUT2D eigenvalue weighted by Gasteiger charge is -2.22. The second-order valence-corrected chi connectivity index (χ2v) is 6.08. The molecular formula is C10H19NO5S. The smallest absolute Gasteiger partial charge is 0.303 e. The fourth-order valence-electron chi connectivity index (χ4n) is 1.67. The number of carboxylic acids is 1. The van der Waals surface area contributed by atoms with Gasteiger partial charge in [-0.3, -0.25) is 4.79 Å². The van der Waals surface area contributed by atoms with Crippen molar-refractivity contribution in [2.45, 2.75) is 38.2 Å². The Labute approximate surface area is 101 Å². The second kappa shape index (κ2) is 6.93. The molecule has 6 nitrogen and oxygen atoms in total. The number of sulfonamides is 1. The highest BCUT2D eigenvalue weighted by atomic mass is 32.2. The zero-order valence-electron chi connectivity index (χ0n) is 9.72. The van der Waals surface area contributed by atoms with Crippen molar-refractivity contribution in [1.82, 2.24) is 4.72 Å². The van der Waals surface area contributed by atoms with Gasteiger partial charge in [0.05, 0.1) is 11.9 Å². The first kappa shape index (κ1) is 14.4. The average molecular weight is 265 g/mol. The van der Waals surface area contributed by atoms with Crippen LogP contribution in [0.5, 0.6) is 0 Å². The van der Waals surface area contributed by atoms with Crippen LogP contribution in [0.3, 0.4) is 0 Å². The Morgan fingerprint density at radius 3 is 2.76 bits per heavy atom. The molecule has 2 N–H and O–H groups in total. The summed E-state index contributed by atoms with van der Waals surface area (Å²) in [7, 11) is -3.37. The van der Waals surface area contributed by atoms with Crippen molar-refractivity contribution in [2.75, 3.05) is 18.9 Å². The van der Waals surface area contributed by atoms with E-state index in [0.29, 0.717) is 6.61 Å².